The molecule has 3 aromatic carbocycles. The van der Waals surface area contributed by atoms with Gasteiger partial charge in [-0.2, -0.15) is 0 Å². The van der Waals surface area contributed by atoms with Crippen molar-refractivity contribution in [1.29, 1.82) is 0 Å². The minimum Gasteiger partial charge on any atom is -0.207 e. The van der Waals surface area contributed by atoms with Gasteiger partial charge in [0.05, 0.1) is 0 Å². The molecule has 3 rings (SSSR count). The number of thiol groups is 1. The van der Waals surface area contributed by atoms with E-state index in [1.807, 2.05) is 12.1 Å². The Bertz CT molecular complexity index is 791. The van der Waals surface area contributed by atoms with Crippen molar-refractivity contribution in [3.63, 3.8) is 0 Å². The van der Waals surface area contributed by atoms with E-state index in [9.17, 15) is 4.39 Å². The summed E-state index contributed by atoms with van der Waals surface area (Å²) in [6.45, 7) is 4.27. The third kappa shape index (κ3) is 3.07. The molecular weight excluding hydrogens is 291 g/mol. The molecule has 3 aromatic rings. The van der Waals surface area contributed by atoms with Crippen LogP contribution in [0.15, 0.2) is 76.5 Å². The van der Waals surface area contributed by atoms with Crippen LogP contribution in [-0.4, -0.2) is 0 Å². The molecule has 0 fully saturated rings. The van der Waals surface area contributed by atoms with Crippen LogP contribution >= 0.6 is 0 Å². The SMILES string of the molecule is Cc1ccccc1-c1cccc(C)c1[SH+]c1ccc(F)cc1. The van der Waals surface area contributed by atoms with Gasteiger partial charge in [-0.15, -0.1) is 0 Å². The van der Waals surface area contributed by atoms with Gasteiger partial charge >= 0.3 is 0 Å². The summed E-state index contributed by atoms with van der Waals surface area (Å²) in [5.74, 6) is -0.192. The van der Waals surface area contributed by atoms with Crippen LogP contribution in [0.1, 0.15) is 11.1 Å². The van der Waals surface area contributed by atoms with Crippen molar-refractivity contribution in [2.45, 2.75) is 23.6 Å². The first-order valence-corrected chi connectivity index (χ1v) is 8.17. The molecule has 0 aliphatic rings. The Morgan fingerprint density at radius 1 is 0.682 bits per heavy atom. The third-order valence-electron chi connectivity index (χ3n) is 3.74. The molecule has 0 aliphatic heterocycles. The van der Waals surface area contributed by atoms with Crippen LogP contribution in [-0.2, 0) is 11.8 Å². The maximum absolute atomic E-state index is 13.1. The first-order valence-electron chi connectivity index (χ1n) is 7.28. The fraction of sp³-hybridized carbons (Fsp3) is 0.100. The van der Waals surface area contributed by atoms with Crippen molar-refractivity contribution < 1.29 is 4.39 Å². The van der Waals surface area contributed by atoms with Crippen LogP contribution in [0.2, 0.25) is 0 Å². The van der Waals surface area contributed by atoms with Crippen molar-refractivity contribution in [2.75, 3.05) is 0 Å². The summed E-state index contributed by atoms with van der Waals surface area (Å²) in [4.78, 5) is 2.38. The monoisotopic (exact) mass is 309 g/mol. The Hall–Kier alpha value is -2.06. The van der Waals surface area contributed by atoms with E-state index in [0.717, 1.165) is 16.7 Å². The van der Waals surface area contributed by atoms with E-state index >= 15 is 0 Å². The van der Waals surface area contributed by atoms with E-state index < -0.39 is 0 Å². The van der Waals surface area contributed by atoms with Crippen molar-refractivity contribution in [1.82, 2.24) is 0 Å². The number of rotatable bonds is 3. The lowest BCUT2D eigenvalue weighted by atomic mass is 9.99. The standard InChI is InChI=1S/C20H17FS/c1-14-6-3-4-8-18(14)19-9-5-7-15(2)20(19)22-17-12-10-16(21)11-13-17/h3-13H,1-2H3/p+1. The second kappa shape index (κ2) is 6.37. The molecule has 0 nitrogen and oxygen atoms in total. The van der Waals surface area contributed by atoms with Crippen molar-refractivity contribution in [3.8, 4) is 11.1 Å². The highest BCUT2D eigenvalue weighted by molar-refractivity contribution is 7.78. The lowest BCUT2D eigenvalue weighted by Crippen LogP contribution is -1.95. The molecule has 0 spiro atoms. The van der Waals surface area contributed by atoms with Gasteiger partial charge in [-0.1, -0.05) is 36.4 Å². The number of hydrogen-bond acceptors (Lipinski definition) is 0. The maximum atomic E-state index is 13.1. The molecule has 0 bridgehead atoms. The minimum atomic E-state index is -0.192. The van der Waals surface area contributed by atoms with Gasteiger partial charge in [-0.25, -0.2) is 4.39 Å². The Balaban J connectivity index is 2.07. The maximum Gasteiger partial charge on any atom is 0.169 e. The van der Waals surface area contributed by atoms with Gasteiger partial charge in [-0.05, 0) is 55.3 Å². The molecule has 0 heterocycles. The van der Waals surface area contributed by atoms with Gasteiger partial charge in [0.25, 0.3) is 0 Å². The van der Waals surface area contributed by atoms with Crippen LogP contribution < -0.4 is 0 Å². The first kappa shape index (κ1) is 14.9. The average molecular weight is 309 g/mol. The van der Waals surface area contributed by atoms with Gasteiger partial charge in [0, 0.05) is 22.9 Å². The zero-order chi connectivity index (χ0) is 15.5. The van der Waals surface area contributed by atoms with Crippen LogP contribution in [0.3, 0.4) is 0 Å². The lowest BCUT2D eigenvalue weighted by Gasteiger charge is -2.09. The summed E-state index contributed by atoms with van der Waals surface area (Å²) in [5.41, 5.74) is 5.04. The zero-order valence-electron chi connectivity index (χ0n) is 12.7. The van der Waals surface area contributed by atoms with Gasteiger partial charge in [0.2, 0.25) is 0 Å². The summed E-state index contributed by atoms with van der Waals surface area (Å²) in [7, 11) is 0. The Kier molecular flexibility index (Phi) is 4.30. The molecular formula is C20H18FS+. The molecule has 110 valence electrons. The molecule has 0 saturated heterocycles. The van der Waals surface area contributed by atoms with E-state index in [-0.39, 0.29) is 5.82 Å². The largest absolute Gasteiger partial charge is 0.207 e. The molecule has 0 saturated carbocycles. The average Bonchev–Trinajstić information content (AvgIpc) is 2.52. The molecule has 22 heavy (non-hydrogen) atoms. The number of aryl methyl sites for hydroxylation is 2. The molecule has 0 unspecified atom stereocenters. The molecule has 0 amide bonds. The molecule has 0 atom stereocenters. The summed E-state index contributed by atoms with van der Waals surface area (Å²) >= 11 is 1.11. The quantitative estimate of drug-likeness (QED) is 0.452. The van der Waals surface area contributed by atoms with Gasteiger partial charge in [-0.3, -0.25) is 0 Å². The second-order valence-corrected chi connectivity index (χ2v) is 6.56. The Labute approximate surface area is 135 Å². The first-order chi connectivity index (χ1) is 10.6. The molecule has 0 aromatic heterocycles. The summed E-state index contributed by atoms with van der Waals surface area (Å²) in [6.07, 6.45) is 0. The van der Waals surface area contributed by atoms with E-state index in [1.54, 1.807) is 0 Å². The van der Waals surface area contributed by atoms with Crippen molar-refractivity contribution in [3.05, 3.63) is 83.7 Å². The zero-order valence-corrected chi connectivity index (χ0v) is 13.6. The highest BCUT2D eigenvalue weighted by Crippen LogP contribution is 2.31. The molecule has 2 heteroatoms. The summed E-state index contributed by atoms with van der Waals surface area (Å²) < 4.78 is 13.1. The van der Waals surface area contributed by atoms with E-state index in [1.165, 1.54) is 39.3 Å². The number of halogens is 1. The number of benzene rings is 3. The Morgan fingerprint density at radius 2 is 1.32 bits per heavy atom. The third-order valence-corrected chi connectivity index (χ3v) is 5.11. The molecule has 0 aliphatic carbocycles. The predicted octanol–water partition coefficient (Wildman–Crippen LogP) is 5.34. The van der Waals surface area contributed by atoms with Gasteiger partial charge in [0.1, 0.15) is 5.82 Å². The normalized spacial score (nSPS) is 10.7. The predicted molar refractivity (Wildman–Crippen MR) is 93.0 cm³/mol. The Morgan fingerprint density at radius 3 is 2.05 bits per heavy atom. The topological polar surface area (TPSA) is 0 Å². The highest BCUT2D eigenvalue weighted by Gasteiger charge is 2.17. The van der Waals surface area contributed by atoms with Crippen LogP contribution in [0.5, 0.6) is 0 Å². The van der Waals surface area contributed by atoms with Crippen LogP contribution in [0, 0.1) is 19.7 Å². The van der Waals surface area contributed by atoms with E-state index in [0.29, 0.717) is 0 Å². The fourth-order valence-corrected chi connectivity index (χ4v) is 3.67. The minimum absolute atomic E-state index is 0.192. The molecule has 0 radical (unpaired) electrons. The van der Waals surface area contributed by atoms with Crippen molar-refractivity contribution >= 4 is 11.8 Å². The molecule has 0 N–H and O–H groups in total. The fourth-order valence-electron chi connectivity index (χ4n) is 2.54. The summed E-state index contributed by atoms with van der Waals surface area (Å²) in [6, 6.07) is 21.6. The van der Waals surface area contributed by atoms with Gasteiger partial charge < -0.3 is 0 Å². The lowest BCUT2D eigenvalue weighted by molar-refractivity contribution is 0.626. The van der Waals surface area contributed by atoms with E-state index in [4.69, 9.17) is 0 Å². The van der Waals surface area contributed by atoms with Crippen molar-refractivity contribution in [2.24, 2.45) is 0 Å². The summed E-state index contributed by atoms with van der Waals surface area (Å²) in [5, 5.41) is 0. The second-order valence-electron chi connectivity index (χ2n) is 5.37. The van der Waals surface area contributed by atoms with E-state index in [2.05, 4.69) is 56.3 Å². The van der Waals surface area contributed by atoms with Crippen LogP contribution in [0.4, 0.5) is 4.39 Å². The highest BCUT2D eigenvalue weighted by atomic mass is 32.2. The smallest absolute Gasteiger partial charge is 0.169 e. The number of hydrogen-bond donors (Lipinski definition) is 0. The van der Waals surface area contributed by atoms with Crippen LogP contribution in [0.25, 0.3) is 11.1 Å². The van der Waals surface area contributed by atoms with Gasteiger partial charge in [0.15, 0.2) is 9.79 Å².